The van der Waals surface area contributed by atoms with E-state index in [0.717, 1.165) is 16.8 Å². The molecule has 0 atom stereocenters. The van der Waals surface area contributed by atoms with Gasteiger partial charge < -0.3 is 9.47 Å². The molecule has 3 rings (SSSR count). The van der Waals surface area contributed by atoms with E-state index >= 15 is 0 Å². The zero-order valence-electron chi connectivity index (χ0n) is 11.4. The van der Waals surface area contributed by atoms with Crippen LogP contribution >= 0.6 is 0 Å². The molecule has 0 radical (unpaired) electrons. The van der Waals surface area contributed by atoms with Gasteiger partial charge in [0.05, 0.1) is 26.3 Å². The van der Waals surface area contributed by atoms with E-state index in [-0.39, 0.29) is 0 Å². The lowest BCUT2D eigenvalue weighted by Crippen LogP contribution is -2.01. The van der Waals surface area contributed by atoms with Gasteiger partial charge >= 0.3 is 0 Å². The SMILES string of the molecule is COc1cc(OC)c2nnn(Cc3ccccc3)c2c1. The van der Waals surface area contributed by atoms with Gasteiger partial charge in [0, 0.05) is 12.1 Å². The van der Waals surface area contributed by atoms with Crippen molar-refractivity contribution in [1.82, 2.24) is 15.0 Å². The van der Waals surface area contributed by atoms with Gasteiger partial charge in [-0.15, -0.1) is 5.10 Å². The van der Waals surface area contributed by atoms with Gasteiger partial charge in [0.1, 0.15) is 5.75 Å². The summed E-state index contributed by atoms with van der Waals surface area (Å²) in [5, 5.41) is 8.40. The van der Waals surface area contributed by atoms with Gasteiger partial charge in [0.15, 0.2) is 11.3 Å². The van der Waals surface area contributed by atoms with Crippen molar-refractivity contribution in [3.8, 4) is 11.5 Å². The fraction of sp³-hybridized carbons (Fsp3) is 0.200. The van der Waals surface area contributed by atoms with Gasteiger partial charge in [-0.1, -0.05) is 35.5 Å². The van der Waals surface area contributed by atoms with Crippen LogP contribution in [0.25, 0.3) is 11.0 Å². The average molecular weight is 269 g/mol. The molecule has 0 spiro atoms. The van der Waals surface area contributed by atoms with Crippen LogP contribution in [0.4, 0.5) is 0 Å². The van der Waals surface area contributed by atoms with Crippen LogP contribution in [0.15, 0.2) is 42.5 Å². The topological polar surface area (TPSA) is 49.2 Å². The normalized spacial score (nSPS) is 10.7. The number of ether oxygens (including phenoxy) is 2. The average Bonchev–Trinajstić information content (AvgIpc) is 2.90. The lowest BCUT2D eigenvalue weighted by molar-refractivity contribution is 0.397. The molecule has 0 unspecified atom stereocenters. The molecular weight excluding hydrogens is 254 g/mol. The van der Waals surface area contributed by atoms with Crippen molar-refractivity contribution >= 4 is 11.0 Å². The first-order chi connectivity index (χ1) is 9.81. The number of rotatable bonds is 4. The number of hydrogen-bond acceptors (Lipinski definition) is 4. The summed E-state index contributed by atoms with van der Waals surface area (Å²) in [6.45, 7) is 0.660. The van der Waals surface area contributed by atoms with Crippen molar-refractivity contribution in [2.24, 2.45) is 0 Å². The quantitative estimate of drug-likeness (QED) is 0.730. The molecule has 1 heterocycles. The van der Waals surface area contributed by atoms with Crippen molar-refractivity contribution in [1.29, 1.82) is 0 Å². The van der Waals surface area contributed by atoms with Crippen molar-refractivity contribution in [2.45, 2.75) is 6.54 Å². The molecule has 0 aliphatic heterocycles. The highest BCUT2D eigenvalue weighted by Gasteiger charge is 2.12. The largest absolute Gasteiger partial charge is 0.497 e. The van der Waals surface area contributed by atoms with Gasteiger partial charge in [0.25, 0.3) is 0 Å². The molecule has 5 heteroatoms. The second-order valence-electron chi connectivity index (χ2n) is 4.43. The highest BCUT2D eigenvalue weighted by molar-refractivity contribution is 5.83. The van der Waals surface area contributed by atoms with Gasteiger partial charge in [-0.2, -0.15) is 0 Å². The summed E-state index contributed by atoms with van der Waals surface area (Å²) in [5.74, 6) is 1.39. The standard InChI is InChI=1S/C15H15N3O2/c1-19-12-8-13-15(14(9-12)20-2)16-17-18(13)10-11-6-4-3-5-7-11/h3-9H,10H2,1-2H3. The summed E-state index contributed by atoms with van der Waals surface area (Å²) in [5.41, 5.74) is 2.80. The van der Waals surface area contributed by atoms with Crippen molar-refractivity contribution in [3.05, 3.63) is 48.0 Å². The van der Waals surface area contributed by atoms with Crippen molar-refractivity contribution in [3.63, 3.8) is 0 Å². The molecule has 0 saturated heterocycles. The third-order valence-electron chi connectivity index (χ3n) is 3.19. The Morgan fingerprint density at radius 1 is 1.05 bits per heavy atom. The molecule has 5 nitrogen and oxygen atoms in total. The Kier molecular flexibility index (Phi) is 3.25. The molecule has 1 aromatic heterocycles. The number of benzene rings is 2. The monoisotopic (exact) mass is 269 g/mol. The van der Waals surface area contributed by atoms with Crippen LogP contribution in [0.2, 0.25) is 0 Å². The Hall–Kier alpha value is -2.56. The summed E-state index contributed by atoms with van der Waals surface area (Å²) in [7, 11) is 3.25. The Morgan fingerprint density at radius 3 is 2.55 bits per heavy atom. The Labute approximate surface area is 116 Å². The van der Waals surface area contributed by atoms with Gasteiger partial charge in [-0.25, -0.2) is 4.68 Å². The summed E-state index contributed by atoms with van der Waals surface area (Å²) < 4.78 is 12.5. The third-order valence-corrected chi connectivity index (χ3v) is 3.19. The van der Waals surface area contributed by atoms with Crippen LogP contribution in [0.1, 0.15) is 5.56 Å². The zero-order valence-corrected chi connectivity index (χ0v) is 11.4. The first-order valence-electron chi connectivity index (χ1n) is 6.31. The van der Waals surface area contributed by atoms with E-state index in [0.29, 0.717) is 12.3 Å². The fourth-order valence-electron chi connectivity index (χ4n) is 2.16. The maximum atomic E-state index is 5.34. The molecule has 102 valence electrons. The van der Waals surface area contributed by atoms with E-state index in [1.54, 1.807) is 14.2 Å². The highest BCUT2D eigenvalue weighted by atomic mass is 16.5. The summed E-state index contributed by atoms with van der Waals surface area (Å²) >= 11 is 0. The molecule has 0 saturated carbocycles. The van der Waals surface area contributed by atoms with E-state index in [1.165, 1.54) is 5.56 Å². The molecule has 0 aliphatic rings. The lowest BCUT2D eigenvalue weighted by atomic mass is 10.2. The van der Waals surface area contributed by atoms with Crippen LogP contribution in [0.3, 0.4) is 0 Å². The summed E-state index contributed by atoms with van der Waals surface area (Å²) in [6.07, 6.45) is 0. The van der Waals surface area contributed by atoms with Gasteiger partial charge in [-0.3, -0.25) is 0 Å². The van der Waals surface area contributed by atoms with Crippen molar-refractivity contribution in [2.75, 3.05) is 14.2 Å². The van der Waals surface area contributed by atoms with E-state index in [4.69, 9.17) is 9.47 Å². The van der Waals surface area contributed by atoms with E-state index in [1.807, 2.05) is 35.0 Å². The van der Waals surface area contributed by atoms with Crippen LogP contribution < -0.4 is 9.47 Å². The van der Waals surface area contributed by atoms with Crippen LogP contribution in [0.5, 0.6) is 11.5 Å². The first-order valence-corrected chi connectivity index (χ1v) is 6.31. The van der Waals surface area contributed by atoms with Crippen LogP contribution in [0, 0.1) is 0 Å². The lowest BCUT2D eigenvalue weighted by Gasteiger charge is -2.06. The molecule has 3 aromatic rings. The van der Waals surface area contributed by atoms with Crippen LogP contribution in [-0.2, 0) is 6.54 Å². The van der Waals surface area contributed by atoms with Gasteiger partial charge in [0.2, 0.25) is 0 Å². The summed E-state index contributed by atoms with van der Waals surface area (Å²) in [4.78, 5) is 0. The maximum absolute atomic E-state index is 5.34. The second-order valence-corrected chi connectivity index (χ2v) is 4.43. The smallest absolute Gasteiger partial charge is 0.155 e. The minimum Gasteiger partial charge on any atom is -0.497 e. The molecule has 0 bridgehead atoms. The Balaban J connectivity index is 2.08. The minimum absolute atomic E-state index is 0.660. The number of fused-ring (bicyclic) bond motifs is 1. The maximum Gasteiger partial charge on any atom is 0.155 e. The number of hydrogen-bond donors (Lipinski definition) is 0. The molecule has 0 amide bonds. The van der Waals surface area contributed by atoms with Crippen LogP contribution in [-0.4, -0.2) is 29.2 Å². The van der Waals surface area contributed by atoms with E-state index < -0.39 is 0 Å². The Morgan fingerprint density at radius 2 is 1.85 bits per heavy atom. The predicted octanol–water partition coefficient (Wildman–Crippen LogP) is 2.50. The molecule has 0 N–H and O–H groups in total. The highest BCUT2D eigenvalue weighted by Crippen LogP contribution is 2.29. The fourth-order valence-corrected chi connectivity index (χ4v) is 2.16. The molecule has 0 aliphatic carbocycles. The number of aromatic nitrogens is 3. The molecule has 20 heavy (non-hydrogen) atoms. The minimum atomic E-state index is 0.660. The number of methoxy groups -OCH3 is 2. The molecule has 0 fully saturated rings. The van der Waals surface area contributed by atoms with Gasteiger partial charge in [-0.05, 0) is 5.56 Å². The third kappa shape index (κ3) is 2.18. The Bertz CT molecular complexity index is 723. The van der Waals surface area contributed by atoms with E-state index in [2.05, 4.69) is 22.4 Å². The molecular formula is C15H15N3O2. The first kappa shape index (κ1) is 12.5. The summed E-state index contributed by atoms with van der Waals surface area (Å²) in [6, 6.07) is 13.9. The number of nitrogens with zero attached hydrogens (tertiary/aromatic N) is 3. The molecule has 2 aromatic carbocycles. The van der Waals surface area contributed by atoms with E-state index in [9.17, 15) is 0 Å². The second kappa shape index (κ2) is 5.21. The predicted molar refractivity (Wildman–Crippen MR) is 76.2 cm³/mol. The zero-order chi connectivity index (χ0) is 13.9. The van der Waals surface area contributed by atoms with Crippen molar-refractivity contribution < 1.29 is 9.47 Å².